The summed E-state index contributed by atoms with van der Waals surface area (Å²) in [7, 11) is -4.41. The van der Waals surface area contributed by atoms with Gasteiger partial charge in [0.1, 0.15) is 59.6 Å². The normalized spacial score (nSPS) is 12.7. The number of hydrogen-bond acceptors (Lipinski definition) is 2. The smallest absolute Gasteiger partial charge is 0.161 e. The summed E-state index contributed by atoms with van der Waals surface area (Å²) >= 11 is 0. The second-order valence-corrected chi connectivity index (χ2v) is 19.7. The Balaban J connectivity index is 1.41. The number of benzene rings is 7. The Hall–Kier alpha value is -5.00. The second-order valence-electron chi connectivity index (χ2n) is 12.7. The van der Waals surface area contributed by atoms with E-state index in [9.17, 15) is 0 Å². The molecule has 0 fully saturated rings. The molecule has 0 saturated heterocycles. The third-order valence-corrected chi connectivity index (χ3v) is 18.6. The van der Waals surface area contributed by atoms with Crippen molar-refractivity contribution in [3.05, 3.63) is 205 Å². The first-order valence-electron chi connectivity index (χ1n) is 17.3. The van der Waals surface area contributed by atoms with Gasteiger partial charge in [0.25, 0.3) is 0 Å². The molecule has 0 amide bonds. The van der Waals surface area contributed by atoms with E-state index in [4.69, 9.17) is 9.47 Å². The zero-order chi connectivity index (χ0) is 33.6. The number of fused-ring (bicyclic) bond motifs is 1. The van der Waals surface area contributed by atoms with Gasteiger partial charge in [-0.1, -0.05) is 109 Å². The van der Waals surface area contributed by atoms with E-state index in [2.05, 4.69) is 194 Å². The topological polar surface area (TPSA) is 18.5 Å². The minimum absolute atomic E-state index is 0.553. The van der Waals surface area contributed by atoms with Gasteiger partial charge in [0.2, 0.25) is 0 Å². The maximum absolute atomic E-state index is 6.33. The highest BCUT2D eigenvalue weighted by atomic mass is 31.2. The summed E-state index contributed by atoms with van der Waals surface area (Å²) in [4.78, 5) is 0. The maximum atomic E-state index is 6.33. The molecule has 0 unspecified atom stereocenters. The minimum Gasteiger partial charge on any atom is -0.486 e. The summed E-state index contributed by atoms with van der Waals surface area (Å²) < 4.78 is 12.7. The van der Waals surface area contributed by atoms with Gasteiger partial charge in [-0.2, -0.15) is 0 Å². The lowest BCUT2D eigenvalue weighted by Gasteiger charge is -2.31. The van der Waals surface area contributed by atoms with Crippen LogP contribution < -0.4 is 41.3 Å². The van der Waals surface area contributed by atoms with Gasteiger partial charge in [-0.05, 0) is 84.9 Å². The Morgan fingerprint density at radius 3 is 0.760 bits per heavy atom. The summed E-state index contributed by atoms with van der Waals surface area (Å²) in [6.07, 6.45) is 1.71. The van der Waals surface area contributed by atoms with Crippen LogP contribution in [0.2, 0.25) is 0 Å². The van der Waals surface area contributed by atoms with E-state index in [-0.39, 0.29) is 0 Å². The largest absolute Gasteiger partial charge is 0.486 e. The molecule has 8 rings (SSSR count). The molecule has 0 N–H and O–H groups in total. The van der Waals surface area contributed by atoms with Gasteiger partial charge < -0.3 is 9.47 Å². The van der Waals surface area contributed by atoms with Crippen molar-refractivity contribution in [1.82, 2.24) is 0 Å². The molecule has 1 aliphatic heterocycles. The Kier molecular flexibility index (Phi) is 9.32. The first-order valence-corrected chi connectivity index (χ1v) is 21.2. The molecular weight excluding hydrogens is 646 g/mol. The van der Waals surface area contributed by atoms with Crippen molar-refractivity contribution in [2.45, 2.75) is 12.3 Å². The highest BCUT2D eigenvalue weighted by Crippen LogP contribution is 2.62. The first kappa shape index (κ1) is 32.2. The SMILES string of the molecule is c1ccc([P+](Cc2cc3c(cc2C[P+](c2ccccc2)(c2ccccc2)c2ccccc2)OCCO3)(c2ccccc2)c2ccccc2)cc1. The van der Waals surface area contributed by atoms with E-state index < -0.39 is 14.5 Å². The van der Waals surface area contributed by atoms with Crippen molar-refractivity contribution >= 4 is 46.4 Å². The number of ether oxygens (including phenoxy) is 2. The predicted octanol–water partition coefficient (Wildman–Crippen LogP) is 8.45. The monoisotopic (exact) mass is 686 g/mol. The fraction of sp³-hybridized carbons (Fsp3) is 0.0870. The van der Waals surface area contributed by atoms with Crippen LogP contribution in [0.25, 0.3) is 0 Å². The predicted molar refractivity (Wildman–Crippen MR) is 215 cm³/mol. The van der Waals surface area contributed by atoms with E-state index in [1.165, 1.54) is 43.0 Å². The standard InChI is InChI=1S/C46H40O2P2/c1-7-19-39(20-8-1)49(40-21-9-2-10-22-40,41-23-11-3-12-24-41)35-37-33-45-46(48-32-31-47-45)34-38(37)36-50(42-25-13-4-14-26-42,43-27-15-5-16-28-43)44-29-17-6-18-30-44/h1-30,33-34H,31-32,35-36H2/q+2. The molecule has 0 radical (unpaired) electrons. The molecule has 2 nitrogen and oxygen atoms in total. The van der Waals surface area contributed by atoms with Crippen LogP contribution in [-0.4, -0.2) is 13.2 Å². The van der Waals surface area contributed by atoms with Gasteiger partial charge in [0, 0.05) is 11.1 Å². The molecule has 244 valence electrons. The summed E-state index contributed by atoms with van der Waals surface area (Å²) in [5, 5.41) is 8.21. The molecule has 0 aliphatic carbocycles. The van der Waals surface area contributed by atoms with Gasteiger partial charge in [0.15, 0.2) is 11.5 Å². The molecule has 7 aromatic carbocycles. The van der Waals surface area contributed by atoms with Gasteiger partial charge in [-0.3, -0.25) is 0 Å². The molecule has 4 heteroatoms. The lowest BCUT2D eigenvalue weighted by Crippen LogP contribution is -2.34. The van der Waals surface area contributed by atoms with Gasteiger partial charge in [-0.25, -0.2) is 0 Å². The van der Waals surface area contributed by atoms with Crippen LogP contribution in [0.5, 0.6) is 11.5 Å². The fourth-order valence-corrected chi connectivity index (χ4v) is 16.1. The van der Waals surface area contributed by atoms with Crippen LogP contribution >= 0.6 is 14.5 Å². The van der Waals surface area contributed by atoms with E-state index in [1.54, 1.807) is 0 Å². The second kappa shape index (κ2) is 14.5. The Labute approximate surface area is 297 Å². The van der Waals surface area contributed by atoms with Crippen molar-refractivity contribution in [2.75, 3.05) is 13.2 Å². The summed E-state index contributed by atoms with van der Waals surface area (Å²) in [5.41, 5.74) is 2.62. The summed E-state index contributed by atoms with van der Waals surface area (Å²) in [6.45, 7) is 1.11. The van der Waals surface area contributed by atoms with Crippen molar-refractivity contribution in [2.24, 2.45) is 0 Å². The molecule has 1 aliphatic rings. The van der Waals surface area contributed by atoms with E-state index >= 15 is 0 Å². The minimum atomic E-state index is -2.20. The van der Waals surface area contributed by atoms with Crippen LogP contribution in [0.4, 0.5) is 0 Å². The molecule has 7 aromatic rings. The van der Waals surface area contributed by atoms with Crippen molar-refractivity contribution < 1.29 is 9.47 Å². The Morgan fingerprint density at radius 2 is 0.540 bits per heavy atom. The Morgan fingerprint density at radius 1 is 0.320 bits per heavy atom. The van der Waals surface area contributed by atoms with Crippen LogP contribution in [0, 0.1) is 0 Å². The number of hydrogen-bond donors (Lipinski definition) is 0. The Bertz CT molecular complexity index is 1790. The zero-order valence-electron chi connectivity index (χ0n) is 28.0. The van der Waals surface area contributed by atoms with Crippen LogP contribution in [0.3, 0.4) is 0 Å². The van der Waals surface area contributed by atoms with Crippen LogP contribution in [-0.2, 0) is 12.3 Å². The van der Waals surface area contributed by atoms with Gasteiger partial charge in [0.05, 0.1) is 12.3 Å². The molecular formula is C46H40O2P2+2. The van der Waals surface area contributed by atoms with Gasteiger partial charge in [-0.15, -0.1) is 0 Å². The van der Waals surface area contributed by atoms with Gasteiger partial charge >= 0.3 is 0 Å². The molecule has 50 heavy (non-hydrogen) atoms. The molecule has 0 bridgehead atoms. The average Bonchev–Trinajstić information content (AvgIpc) is 3.21. The highest BCUT2D eigenvalue weighted by molar-refractivity contribution is 7.95. The van der Waals surface area contributed by atoms with Crippen molar-refractivity contribution in [3.8, 4) is 11.5 Å². The lowest BCUT2D eigenvalue weighted by molar-refractivity contribution is 0.171. The molecule has 0 aromatic heterocycles. The average molecular weight is 687 g/mol. The zero-order valence-corrected chi connectivity index (χ0v) is 29.8. The molecule has 1 heterocycles. The van der Waals surface area contributed by atoms with E-state index in [0.717, 1.165) is 23.8 Å². The van der Waals surface area contributed by atoms with Crippen molar-refractivity contribution in [3.63, 3.8) is 0 Å². The van der Waals surface area contributed by atoms with E-state index in [1.807, 2.05) is 0 Å². The van der Waals surface area contributed by atoms with Crippen molar-refractivity contribution in [1.29, 1.82) is 0 Å². The first-order chi connectivity index (χ1) is 24.8. The van der Waals surface area contributed by atoms with Crippen LogP contribution in [0.1, 0.15) is 11.1 Å². The molecule has 0 saturated carbocycles. The van der Waals surface area contributed by atoms with E-state index in [0.29, 0.717) is 13.2 Å². The lowest BCUT2D eigenvalue weighted by atomic mass is 10.1. The third-order valence-electron chi connectivity index (χ3n) is 9.86. The third kappa shape index (κ3) is 6.05. The highest BCUT2D eigenvalue weighted by Gasteiger charge is 2.49. The summed E-state index contributed by atoms with van der Waals surface area (Å²) in [6, 6.07) is 71.7. The fourth-order valence-electron chi connectivity index (χ4n) is 7.52. The number of rotatable bonds is 10. The maximum Gasteiger partial charge on any atom is 0.161 e. The molecule has 0 atom stereocenters. The summed E-state index contributed by atoms with van der Waals surface area (Å²) in [5.74, 6) is 1.68. The van der Waals surface area contributed by atoms with Crippen LogP contribution in [0.15, 0.2) is 194 Å². The quantitative estimate of drug-likeness (QED) is 0.135. The molecule has 0 spiro atoms.